The van der Waals surface area contributed by atoms with Crippen molar-refractivity contribution in [1.82, 2.24) is 4.90 Å². The molecule has 2 atom stereocenters. The Morgan fingerprint density at radius 2 is 1.77 bits per heavy atom. The molecule has 5 heteroatoms. The number of carbonyl (C=O) groups is 2. The van der Waals surface area contributed by atoms with Crippen LogP contribution in [0.3, 0.4) is 0 Å². The Labute approximate surface area is 136 Å². The summed E-state index contributed by atoms with van der Waals surface area (Å²) in [4.78, 5) is 25.9. The molecular formula is C17H22ClNO3. The highest BCUT2D eigenvalue weighted by atomic mass is 35.5. The van der Waals surface area contributed by atoms with E-state index in [4.69, 9.17) is 16.3 Å². The number of nitrogens with zero attached hydrogens (tertiary/aromatic N) is 1. The number of piperidine rings is 1. The van der Waals surface area contributed by atoms with E-state index in [-0.39, 0.29) is 31.0 Å². The Hall–Kier alpha value is -1.55. The van der Waals surface area contributed by atoms with Crippen LogP contribution < -0.4 is 0 Å². The third-order valence-corrected chi connectivity index (χ3v) is 4.35. The summed E-state index contributed by atoms with van der Waals surface area (Å²) in [6.07, 6.45) is 3.31. The molecule has 0 N–H and O–H groups in total. The molecule has 0 bridgehead atoms. The first-order valence-corrected chi connectivity index (χ1v) is 8.06. The summed E-state index contributed by atoms with van der Waals surface area (Å²) in [5.41, 5.74) is 0.821. The number of likely N-dealkylation sites (tertiary alicyclic amines) is 1. The number of rotatable bonds is 4. The second-order valence-corrected chi connectivity index (χ2v) is 6.33. The molecule has 120 valence electrons. The number of amides is 1. The molecule has 1 fully saturated rings. The lowest BCUT2D eigenvalue weighted by Crippen LogP contribution is -2.49. The number of hydrogen-bond donors (Lipinski definition) is 0. The van der Waals surface area contributed by atoms with Crippen molar-refractivity contribution in [2.24, 2.45) is 0 Å². The van der Waals surface area contributed by atoms with Gasteiger partial charge in [-0.1, -0.05) is 23.7 Å². The Bertz CT molecular complexity index is 519. The molecule has 2 rings (SSSR count). The number of hydrogen-bond acceptors (Lipinski definition) is 3. The molecule has 0 spiro atoms. The van der Waals surface area contributed by atoms with Gasteiger partial charge in [0, 0.05) is 17.1 Å². The zero-order chi connectivity index (χ0) is 16.1. The number of halogens is 1. The summed E-state index contributed by atoms with van der Waals surface area (Å²) >= 11 is 5.80. The van der Waals surface area contributed by atoms with Crippen molar-refractivity contribution >= 4 is 23.5 Å². The van der Waals surface area contributed by atoms with Crippen LogP contribution in [0, 0.1) is 0 Å². The monoisotopic (exact) mass is 323 g/mol. The first kappa shape index (κ1) is 16.8. The molecule has 0 unspecified atom stereocenters. The van der Waals surface area contributed by atoms with E-state index >= 15 is 0 Å². The van der Waals surface area contributed by atoms with Gasteiger partial charge in [-0.25, -0.2) is 0 Å². The second-order valence-electron chi connectivity index (χ2n) is 5.89. The van der Waals surface area contributed by atoms with Crippen molar-refractivity contribution in [2.45, 2.75) is 51.6 Å². The van der Waals surface area contributed by atoms with Gasteiger partial charge in [0.2, 0.25) is 0 Å². The lowest BCUT2D eigenvalue weighted by Gasteiger charge is -2.38. The fourth-order valence-corrected chi connectivity index (χ4v) is 3.08. The summed E-state index contributed by atoms with van der Waals surface area (Å²) in [6.45, 7) is 3.91. The first-order chi connectivity index (χ1) is 10.5. The molecule has 22 heavy (non-hydrogen) atoms. The maximum Gasteiger partial charge on any atom is 0.310 e. The van der Waals surface area contributed by atoms with Crippen LogP contribution in [0.5, 0.6) is 0 Å². The minimum Gasteiger partial charge on any atom is -0.455 e. The highest BCUT2D eigenvalue weighted by Crippen LogP contribution is 2.22. The summed E-state index contributed by atoms with van der Waals surface area (Å²) in [5.74, 6) is -0.503. The number of esters is 1. The lowest BCUT2D eigenvalue weighted by molar-refractivity contribution is -0.154. The number of benzene rings is 1. The van der Waals surface area contributed by atoms with Crippen LogP contribution in [0.2, 0.25) is 5.02 Å². The number of ether oxygens (including phenoxy) is 1. The van der Waals surface area contributed by atoms with Crippen molar-refractivity contribution < 1.29 is 14.3 Å². The van der Waals surface area contributed by atoms with E-state index in [1.54, 1.807) is 24.3 Å². The quantitative estimate of drug-likeness (QED) is 0.799. The van der Waals surface area contributed by atoms with Crippen LogP contribution >= 0.6 is 11.6 Å². The molecular weight excluding hydrogens is 302 g/mol. The van der Waals surface area contributed by atoms with Gasteiger partial charge in [0.25, 0.3) is 5.91 Å². The van der Waals surface area contributed by atoms with Gasteiger partial charge in [0.1, 0.15) is 0 Å². The highest BCUT2D eigenvalue weighted by molar-refractivity contribution is 6.30. The van der Waals surface area contributed by atoms with Crippen molar-refractivity contribution in [2.75, 3.05) is 6.61 Å². The van der Waals surface area contributed by atoms with E-state index in [2.05, 4.69) is 0 Å². The lowest BCUT2D eigenvalue weighted by atomic mass is 9.97. The molecule has 0 aromatic heterocycles. The molecule has 0 aliphatic carbocycles. The standard InChI is InChI=1S/C17H22ClNO3/c1-12-4-3-5-13(2)19(12)16(20)11-22-17(21)10-14-6-8-15(18)9-7-14/h6-9,12-13H,3-5,10-11H2,1-2H3/t12-,13+. The first-order valence-electron chi connectivity index (χ1n) is 7.68. The summed E-state index contributed by atoms with van der Waals surface area (Å²) in [7, 11) is 0. The SMILES string of the molecule is C[C@@H]1CCC[C@H](C)N1C(=O)COC(=O)Cc1ccc(Cl)cc1. The van der Waals surface area contributed by atoms with Gasteiger partial charge in [-0.2, -0.15) is 0 Å². The second kappa shape index (κ2) is 7.63. The van der Waals surface area contributed by atoms with Gasteiger partial charge < -0.3 is 9.64 Å². The van der Waals surface area contributed by atoms with E-state index < -0.39 is 5.97 Å². The maximum absolute atomic E-state index is 12.3. The van der Waals surface area contributed by atoms with Crippen molar-refractivity contribution in [3.8, 4) is 0 Å². The van der Waals surface area contributed by atoms with Crippen molar-refractivity contribution in [1.29, 1.82) is 0 Å². The summed E-state index contributed by atoms with van der Waals surface area (Å²) in [6, 6.07) is 7.44. The smallest absolute Gasteiger partial charge is 0.310 e. The Morgan fingerprint density at radius 1 is 1.18 bits per heavy atom. The van der Waals surface area contributed by atoms with E-state index in [1.165, 1.54) is 0 Å². The Kier molecular flexibility index (Phi) is 5.83. The third kappa shape index (κ3) is 4.47. The maximum atomic E-state index is 12.3. The van der Waals surface area contributed by atoms with Crippen molar-refractivity contribution in [3.05, 3.63) is 34.9 Å². The predicted molar refractivity (Wildman–Crippen MR) is 85.7 cm³/mol. The molecule has 0 saturated carbocycles. The largest absolute Gasteiger partial charge is 0.455 e. The minimum atomic E-state index is -0.395. The average molecular weight is 324 g/mol. The van der Waals surface area contributed by atoms with Gasteiger partial charge in [-0.05, 0) is 50.8 Å². The van der Waals surface area contributed by atoms with Gasteiger partial charge in [-0.15, -0.1) is 0 Å². The molecule has 4 nitrogen and oxygen atoms in total. The minimum absolute atomic E-state index is 0.107. The Morgan fingerprint density at radius 3 is 2.36 bits per heavy atom. The van der Waals surface area contributed by atoms with Crippen molar-refractivity contribution in [3.63, 3.8) is 0 Å². The molecule has 1 heterocycles. The van der Waals surface area contributed by atoms with Crippen LogP contribution in [-0.2, 0) is 20.7 Å². The molecule has 1 aliphatic heterocycles. The van der Waals surface area contributed by atoms with Crippen LogP contribution in [-0.4, -0.2) is 35.5 Å². The van der Waals surface area contributed by atoms with E-state index in [0.717, 1.165) is 24.8 Å². The predicted octanol–water partition coefficient (Wildman–Crippen LogP) is 3.22. The highest BCUT2D eigenvalue weighted by Gasteiger charge is 2.29. The normalized spacial score (nSPS) is 21.5. The van der Waals surface area contributed by atoms with E-state index in [1.807, 2.05) is 18.7 Å². The molecule has 1 aromatic rings. The average Bonchev–Trinajstić information content (AvgIpc) is 2.47. The van der Waals surface area contributed by atoms with Crippen LogP contribution in [0.4, 0.5) is 0 Å². The van der Waals surface area contributed by atoms with Gasteiger partial charge in [0.05, 0.1) is 6.42 Å². The van der Waals surface area contributed by atoms with E-state index in [9.17, 15) is 9.59 Å². The Balaban J connectivity index is 1.82. The molecule has 1 aliphatic rings. The molecule has 1 saturated heterocycles. The van der Waals surface area contributed by atoms with E-state index in [0.29, 0.717) is 5.02 Å². The zero-order valence-corrected chi connectivity index (χ0v) is 13.8. The van der Waals surface area contributed by atoms with Crippen LogP contribution in [0.1, 0.15) is 38.7 Å². The number of carbonyl (C=O) groups excluding carboxylic acids is 2. The van der Waals surface area contributed by atoms with Gasteiger partial charge >= 0.3 is 5.97 Å². The fourth-order valence-electron chi connectivity index (χ4n) is 2.95. The summed E-state index contributed by atoms with van der Waals surface area (Å²) < 4.78 is 5.12. The topological polar surface area (TPSA) is 46.6 Å². The molecule has 1 aromatic carbocycles. The van der Waals surface area contributed by atoms with Crippen LogP contribution in [0.15, 0.2) is 24.3 Å². The van der Waals surface area contributed by atoms with Crippen LogP contribution in [0.25, 0.3) is 0 Å². The van der Waals surface area contributed by atoms with Gasteiger partial charge in [0.15, 0.2) is 6.61 Å². The molecule has 0 radical (unpaired) electrons. The zero-order valence-electron chi connectivity index (χ0n) is 13.0. The fraction of sp³-hybridized carbons (Fsp3) is 0.529. The van der Waals surface area contributed by atoms with Gasteiger partial charge in [-0.3, -0.25) is 9.59 Å². The molecule has 1 amide bonds. The third-order valence-electron chi connectivity index (χ3n) is 4.10. The summed E-state index contributed by atoms with van der Waals surface area (Å²) in [5, 5.41) is 0.625.